The summed E-state index contributed by atoms with van der Waals surface area (Å²) in [6.07, 6.45) is 5.21. The van der Waals surface area contributed by atoms with E-state index in [1.165, 1.54) is 30.6 Å². The maximum atomic E-state index is 12.4. The molecule has 1 saturated heterocycles. The first-order valence-electron chi connectivity index (χ1n) is 8.55. The molecular weight excluding hydrogens is 370 g/mol. The first kappa shape index (κ1) is 17.2. The number of aromatic nitrogens is 1. The van der Waals surface area contributed by atoms with E-state index in [2.05, 4.69) is 20.1 Å². The third-order valence-electron chi connectivity index (χ3n) is 4.59. The van der Waals surface area contributed by atoms with Crippen LogP contribution >= 0.6 is 22.9 Å². The van der Waals surface area contributed by atoms with Crippen LogP contribution in [0.3, 0.4) is 0 Å². The van der Waals surface area contributed by atoms with E-state index in [9.17, 15) is 4.79 Å². The van der Waals surface area contributed by atoms with E-state index < -0.39 is 0 Å². The second kappa shape index (κ2) is 7.17. The maximum absolute atomic E-state index is 12.4. The molecule has 1 aromatic heterocycles. The van der Waals surface area contributed by atoms with E-state index >= 15 is 0 Å². The van der Waals surface area contributed by atoms with Crippen LogP contribution in [0.25, 0.3) is 0 Å². The molecule has 0 atom stereocenters. The van der Waals surface area contributed by atoms with E-state index in [1.54, 1.807) is 18.2 Å². The number of piperidine rings is 1. The Balaban J connectivity index is 1.56. The number of amides is 1. The highest BCUT2D eigenvalue weighted by atomic mass is 35.5. The lowest BCUT2D eigenvalue weighted by atomic mass is 10.1. The van der Waals surface area contributed by atoms with Crippen molar-refractivity contribution in [3.8, 4) is 0 Å². The first-order valence-corrected chi connectivity index (χ1v) is 9.74. The number of anilines is 2. The number of halogens is 1. The van der Waals surface area contributed by atoms with Crippen LogP contribution < -0.4 is 9.80 Å². The van der Waals surface area contributed by atoms with Crippen LogP contribution in [-0.4, -0.2) is 43.0 Å². The van der Waals surface area contributed by atoms with Crippen LogP contribution in [0.4, 0.5) is 10.8 Å². The fourth-order valence-corrected chi connectivity index (χ4v) is 4.36. The van der Waals surface area contributed by atoms with Gasteiger partial charge in [-0.2, -0.15) is 5.10 Å². The largest absolute Gasteiger partial charge is 0.348 e. The first-order chi connectivity index (χ1) is 12.6. The highest BCUT2D eigenvalue weighted by Crippen LogP contribution is 2.31. The topological polar surface area (TPSA) is 61.2 Å². The summed E-state index contributed by atoms with van der Waals surface area (Å²) in [5.74, 6) is -0.159. The van der Waals surface area contributed by atoms with Gasteiger partial charge in [0.25, 0.3) is 5.91 Å². The highest BCUT2D eigenvalue weighted by Gasteiger charge is 2.31. The number of fused-ring (bicyclic) bond motifs is 1. The number of hydrogen-bond donors (Lipinski definition) is 0. The van der Waals surface area contributed by atoms with Crippen LogP contribution in [0.15, 0.2) is 34.5 Å². The standard InChI is InChI=1S/C18H18ClN5OS/c1-23-13-8-4-3-7-12(13)15(17(23)25)22-20-11-14-16(19)21-18(26-14)24-9-5-2-6-10-24/h3-4,7-8,11H,2,5-6,9-10H2,1H3/b20-11-,22-15+. The SMILES string of the molecule is CN1C(=O)/C(=N/N=C\c2sc(N3CCCCC3)nc2Cl)c2ccccc21. The minimum absolute atomic E-state index is 0.159. The average molecular weight is 388 g/mol. The molecular formula is C18H18ClN5OS. The molecule has 0 spiro atoms. The Kier molecular flexibility index (Phi) is 4.74. The van der Waals surface area contributed by atoms with Gasteiger partial charge in [0.1, 0.15) is 0 Å². The Hall–Kier alpha value is -2.25. The number of thiazole rings is 1. The molecule has 2 aliphatic rings. The Morgan fingerprint density at radius 2 is 2.00 bits per heavy atom. The van der Waals surface area contributed by atoms with E-state index in [-0.39, 0.29) is 5.91 Å². The molecule has 0 bridgehead atoms. The molecule has 6 nitrogen and oxygen atoms in total. The van der Waals surface area contributed by atoms with Crippen molar-refractivity contribution in [2.45, 2.75) is 19.3 Å². The zero-order chi connectivity index (χ0) is 18.1. The van der Waals surface area contributed by atoms with Crippen LogP contribution in [0, 0.1) is 0 Å². The number of benzene rings is 1. The van der Waals surface area contributed by atoms with E-state index in [0.29, 0.717) is 10.9 Å². The summed E-state index contributed by atoms with van der Waals surface area (Å²) in [4.78, 5) is 21.4. The quantitative estimate of drug-likeness (QED) is 0.597. The number of hydrogen-bond acceptors (Lipinski definition) is 6. The fraction of sp³-hybridized carbons (Fsp3) is 0.333. The van der Waals surface area contributed by atoms with Crippen molar-refractivity contribution in [2.75, 3.05) is 29.9 Å². The minimum Gasteiger partial charge on any atom is -0.348 e. The molecule has 1 amide bonds. The van der Waals surface area contributed by atoms with Crippen molar-refractivity contribution in [2.24, 2.45) is 10.2 Å². The second-order valence-electron chi connectivity index (χ2n) is 6.27. The number of rotatable bonds is 3. The van der Waals surface area contributed by atoms with Crippen molar-refractivity contribution >= 4 is 51.6 Å². The maximum Gasteiger partial charge on any atom is 0.279 e. The molecule has 1 aromatic carbocycles. The van der Waals surface area contributed by atoms with Crippen molar-refractivity contribution in [1.29, 1.82) is 0 Å². The zero-order valence-corrected chi connectivity index (χ0v) is 15.9. The summed E-state index contributed by atoms with van der Waals surface area (Å²) < 4.78 is 0. The van der Waals surface area contributed by atoms with Crippen LogP contribution in [0.1, 0.15) is 29.7 Å². The molecule has 0 radical (unpaired) electrons. The third kappa shape index (κ3) is 3.12. The minimum atomic E-state index is -0.159. The summed E-state index contributed by atoms with van der Waals surface area (Å²) in [5, 5.41) is 9.61. The number of carbonyl (C=O) groups excluding carboxylic acids is 1. The van der Waals surface area contributed by atoms with Crippen LogP contribution in [0.5, 0.6) is 0 Å². The number of carbonyl (C=O) groups is 1. The lowest BCUT2D eigenvalue weighted by molar-refractivity contribution is -0.111. The van der Waals surface area contributed by atoms with Gasteiger partial charge < -0.3 is 9.80 Å². The van der Waals surface area contributed by atoms with Gasteiger partial charge in [0, 0.05) is 25.7 Å². The molecule has 4 rings (SSSR count). The summed E-state index contributed by atoms with van der Waals surface area (Å²) in [6, 6.07) is 7.55. The summed E-state index contributed by atoms with van der Waals surface area (Å²) >= 11 is 7.75. The van der Waals surface area contributed by atoms with Gasteiger partial charge in [-0.3, -0.25) is 4.79 Å². The highest BCUT2D eigenvalue weighted by molar-refractivity contribution is 7.17. The molecule has 2 aromatic rings. The zero-order valence-electron chi connectivity index (χ0n) is 14.4. The van der Waals surface area contributed by atoms with Crippen LogP contribution in [-0.2, 0) is 4.79 Å². The van der Waals surface area contributed by atoms with Crippen molar-refractivity contribution < 1.29 is 4.79 Å². The lowest BCUT2D eigenvalue weighted by Crippen LogP contribution is -2.29. The van der Waals surface area contributed by atoms with Gasteiger partial charge in [0.15, 0.2) is 16.0 Å². The lowest BCUT2D eigenvalue weighted by Gasteiger charge is -2.25. The van der Waals surface area contributed by atoms with Gasteiger partial charge in [-0.05, 0) is 25.3 Å². The van der Waals surface area contributed by atoms with Gasteiger partial charge in [-0.25, -0.2) is 4.98 Å². The molecule has 2 aliphatic heterocycles. The molecule has 134 valence electrons. The molecule has 8 heteroatoms. The molecule has 26 heavy (non-hydrogen) atoms. The number of nitrogens with zero attached hydrogens (tertiary/aromatic N) is 5. The number of likely N-dealkylation sites (N-methyl/N-ethyl adjacent to an activating group) is 1. The second-order valence-corrected chi connectivity index (χ2v) is 7.64. The molecule has 0 N–H and O–H groups in total. The Morgan fingerprint density at radius 1 is 1.23 bits per heavy atom. The van der Waals surface area contributed by atoms with E-state index in [1.807, 2.05) is 24.3 Å². The van der Waals surface area contributed by atoms with E-state index in [0.717, 1.165) is 34.3 Å². The summed E-state index contributed by atoms with van der Waals surface area (Å²) in [7, 11) is 1.73. The number of para-hydroxylation sites is 1. The van der Waals surface area contributed by atoms with Gasteiger partial charge in [0.05, 0.1) is 16.8 Å². The molecule has 0 saturated carbocycles. The summed E-state index contributed by atoms with van der Waals surface area (Å²) in [6.45, 7) is 2.03. The van der Waals surface area contributed by atoms with Gasteiger partial charge >= 0.3 is 0 Å². The Labute approximate surface area is 160 Å². The van der Waals surface area contributed by atoms with E-state index in [4.69, 9.17) is 11.6 Å². The molecule has 0 unspecified atom stereocenters. The smallest absolute Gasteiger partial charge is 0.279 e. The molecule has 0 aliphatic carbocycles. The average Bonchev–Trinajstić information content (AvgIpc) is 3.16. The molecule has 3 heterocycles. The Morgan fingerprint density at radius 3 is 2.81 bits per heavy atom. The van der Waals surface area contributed by atoms with Crippen molar-refractivity contribution in [3.05, 3.63) is 39.9 Å². The normalized spacial score (nSPS) is 19.0. The van der Waals surface area contributed by atoms with Gasteiger partial charge in [-0.1, -0.05) is 41.1 Å². The predicted molar refractivity (Wildman–Crippen MR) is 107 cm³/mol. The van der Waals surface area contributed by atoms with Crippen LogP contribution in [0.2, 0.25) is 5.15 Å². The molecule has 1 fully saturated rings. The fourth-order valence-electron chi connectivity index (χ4n) is 3.19. The van der Waals surface area contributed by atoms with Crippen molar-refractivity contribution in [1.82, 2.24) is 4.98 Å². The Bertz CT molecular complexity index is 901. The van der Waals surface area contributed by atoms with Gasteiger partial charge in [0.2, 0.25) is 0 Å². The van der Waals surface area contributed by atoms with Crippen molar-refractivity contribution in [3.63, 3.8) is 0 Å². The third-order valence-corrected chi connectivity index (χ3v) is 6.04. The monoisotopic (exact) mass is 387 g/mol. The van der Waals surface area contributed by atoms with Gasteiger partial charge in [-0.15, -0.1) is 5.10 Å². The summed E-state index contributed by atoms with van der Waals surface area (Å²) in [5.41, 5.74) is 1.98. The predicted octanol–water partition coefficient (Wildman–Crippen LogP) is 3.59.